The number of aliphatic hydroxyl groups is 1. The van der Waals surface area contributed by atoms with Crippen LogP contribution in [0, 0.1) is 5.92 Å². The summed E-state index contributed by atoms with van der Waals surface area (Å²) in [5.41, 5.74) is -0.747. The van der Waals surface area contributed by atoms with Gasteiger partial charge in [-0.1, -0.05) is 13.8 Å². The second-order valence-electron chi connectivity index (χ2n) is 5.30. The number of hydrogen-bond acceptors (Lipinski definition) is 4. The van der Waals surface area contributed by atoms with E-state index < -0.39 is 18.0 Å². The van der Waals surface area contributed by atoms with Crippen molar-refractivity contribution in [2.45, 2.75) is 32.5 Å². The van der Waals surface area contributed by atoms with E-state index in [-0.39, 0.29) is 17.9 Å². The zero-order chi connectivity index (χ0) is 15.6. The van der Waals surface area contributed by atoms with E-state index in [1.807, 2.05) is 13.8 Å². The summed E-state index contributed by atoms with van der Waals surface area (Å²) in [5, 5.41) is 16.1. The van der Waals surface area contributed by atoms with Gasteiger partial charge in [0.05, 0.1) is 6.10 Å². The Morgan fingerprint density at radius 2 is 2.10 bits per heavy atom. The van der Waals surface area contributed by atoms with Crippen LogP contribution in [0.5, 0.6) is 0 Å². The number of fused-ring (bicyclic) bond motifs is 1. The molecule has 0 bridgehead atoms. The molecular formula is C13H17F3N4O. The predicted molar refractivity (Wildman–Crippen MR) is 71.9 cm³/mol. The van der Waals surface area contributed by atoms with Crippen LogP contribution >= 0.6 is 0 Å². The molecule has 0 aliphatic rings. The van der Waals surface area contributed by atoms with Gasteiger partial charge in [-0.3, -0.25) is 0 Å². The van der Waals surface area contributed by atoms with Crippen molar-refractivity contribution >= 4 is 11.3 Å². The van der Waals surface area contributed by atoms with Gasteiger partial charge in [-0.2, -0.15) is 18.3 Å². The molecule has 0 saturated carbocycles. The maximum atomic E-state index is 12.7. The molecule has 0 spiro atoms. The topological polar surface area (TPSA) is 62.5 Å². The molecule has 0 aliphatic heterocycles. The molecule has 1 atom stereocenters. The van der Waals surface area contributed by atoms with E-state index in [2.05, 4.69) is 15.4 Å². The fraction of sp³-hybridized carbons (Fsp3) is 0.538. The van der Waals surface area contributed by atoms with Crippen LogP contribution in [0.25, 0.3) is 5.52 Å². The number of rotatable bonds is 5. The summed E-state index contributed by atoms with van der Waals surface area (Å²) in [6.45, 7) is 4.18. The smallest absolute Gasteiger partial charge is 0.391 e. The molecule has 5 nitrogen and oxygen atoms in total. The largest absolute Gasteiger partial charge is 0.435 e. The van der Waals surface area contributed by atoms with Gasteiger partial charge in [0.2, 0.25) is 0 Å². The maximum Gasteiger partial charge on any atom is 0.435 e. The monoisotopic (exact) mass is 302 g/mol. The molecule has 0 saturated heterocycles. The van der Waals surface area contributed by atoms with Crippen LogP contribution < -0.4 is 5.32 Å². The Balaban J connectivity index is 2.18. The summed E-state index contributed by atoms with van der Waals surface area (Å²) in [4.78, 5) is 4.00. The van der Waals surface area contributed by atoms with Gasteiger partial charge in [0.25, 0.3) is 0 Å². The number of hydrogen-bond donors (Lipinski definition) is 2. The lowest BCUT2D eigenvalue weighted by atomic mass is 10.1. The molecule has 2 aromatic heterocycles. The van der Waals surface area contributed by atoms with Gasteiger partial charge in [0.1, 0.15) is 5.52 Å². The molecule has 0 radical (unpaired) electrons. The number of aromatic nitrogens is 3. The Morgan fingerprint density at radius 3 is 2.71 bits per heavy atom. The number of nitrogens with zero attached hydrogens (tertiary/aromatic N) is 3. The minimum Gasteiger partial charge on any atom is -0.391 e. The molecule has 116 valence electrons. The van der Waals surface area contributed by atoms with E-state index >= 15 is 0 Å². The summed E-state index contributed by atoms with van der Waals surface area (Å²) in [6, 6.07) is 0.935. The fourth-order valence-corrected chi connectivity index (χ4v) is 2.04. The maximum absolute atomic E-state index is 12.7. The van der Waals surface area contributed by atoms with Crippen molar-refractivity contribution in [3.05, 3.63) is 24.2 Å². The highest BCUT2D eigenvalue weighted by atomic mass is 19.4. The average Bonchev–Trinajstić information content (AvgIpc) is 2.79. The first kappa shape index (κ1) is 15.6. The molecule has 2 heterocycles. The molecule has 0 aliphatic carbocycles. The lowest BCUT2D eigenvalue weighted by Crippen LogP contribution is -2.21. The van der Waals surface area contributed by atoms with Crippen molar-refractivity contribution in [2.75, 3.05) is 11.9 Å². The lowest BCUT2D eigenvalue weighted by molar-refractivity contribution is -0.141. The second-order valence-corrected chi connectivity index (χ2v) is 5.30. The quantitative estimate of drug-likeness (QED) is 0.891. The van der Waals surface area contributed by atoms with Gasteiger partial charge < -0.3 is 10.4 Å². The van der Waals surface area contributed by atoms with E-state index in [0.29, 0.717) is 12.3 Å². The van der Waals surface area contributed by atoms with Gasteiger partial charge in [0.15, 0.2) is 11.5 Å². The standard InChI is InChI=1S/C13H17F3N4O/c1-8(2)5-9(21)7-18-12-10-6-11(13(14,15)16)19-20(10)4-3-17-12/h3-4,6,8-9,21H,5,7H2,1-2H3,(H,17,18). The van der Waals surface area contributed by atoms with Crippen LogP contribution in [0.3, 0.4) is 0 Å². The van der Waals surface area contributed by atoms with E-state index in [1.165, 1.54) is 12.4 Å². The summed E-state index contributed by atoms with van der Waals surface area (Å²) >= 11 is 0. The Kier molecular flexibility index (Phi) is 4.36. The molecule has 0 aromatic carbocycles. The number of nitrogens with one attached hydrogen (secondary N) is 1. The van der Waals surface area contributed by atoms with Crippen molar-refractivity contribution in [1.29, 1.82) is 0 Å². The average molecular weight is 302 g/mol. The fourth-order valence-electron chi connectivity index (χ4n) is 2.04. The predicted octanol–water partition coefficient (Wildman–Crippen LogP) is 2.57. The molecule has 0 amide bonds. The molecular weight excluding hydrogens is 285 g/mol. The van der Waals surface area contributed by atoms with Gasteiger partial charge in [-0.15, -0.1) is 0 Å². The van der Waals surface area contributed by atoms with Gasteiger partial charge in [0, 0.05) is 25.0 Å². The summed E-state index contributed by atoms with van der Waals surface area (Å²) < 4.78 is 39.1. The Bertz CT molecular complexity index is 609. The molecule has 1 unspecified atom stereocenters. The molecule has 2 rings (SSSR count). The Hall–Kier alpha value is -1.83. The van der Waals surface area contributed by atoms with Gasteiger partial charge in [-0.25, -0.2) is 9.50 Å². The third-order valence-electron chi connectivity index (χ3n) is 2.93. The Morgan fingerprint density at radius 1 is 1.38 bits per heavy atom. The highest BCUT2D eigenvalue weighted by molar-refractivity contribution is 5.67. The first-order valence-electron chi connectivity index (χ1n) is 6.61. The number of halogens is 3. The third kappa shape index (κ3) is 3.84. The first-order valence-corrected chi connectivity index (χ1v) is 6.61. The van der Waals surface area contributed by atoms with Crippen molar-refractivity contribution in [3.63, 3.8) is 0 Å². The van der Waals surface area contributed by atoms with Crippen molar-refractivity contribution in [3.8, 4) is 0 Å². The highest BCUT2D eigenvalue weighted by Crippen LogP contribution is 2.30. The second kappa shape index (κ2) is 5.88. The van der Waals surface area contributed by atoms with Crippen LogP contribution in [-0.4, -0.2) is 32.4 Å². The zero-order valence-corrected chi connectivity index (χ0v) is 11.7. The van der Waals surface area contributed by atoms with Crippen molar-refractivity contribution < 1.29 is 18.3 Å². The molecule has 0 fully saturated rings. The number of alkyl halides is 3. The zero-order valence-electron chi connectivity index (χ0n) is 11.7. The van der Waals surface area contributed by atoms with Crippen LogP contribution in [-0.2, 0) is 6.18 Å². The highest BCUT2D eigenvalue weighted by Gasteiger charge is 2.34. The van der Waals surface area contributed by atoms with E-state index in [1.54, 1.807) is 0 Å². The number of aliphatic hydroxyl groups excluding tert-OH is 1. The minimum atomic E-state index is -4.50. The molecule has 2 aromatic rings. The lowest BCUT2D eigenvalue weighted by Gasteiger charge is -2.14. The van der Waals surface area contributed by atoms with Crippen LogP contribution in [0.2, 0.25) is 0 Å². The van der Waals surface area contributed by atoms with E-state index in [0.717, 1.165) is 10.6 Å². The normalized spacial score (nSPS) is 13.9. The van der Waals surface area contributed by atoms with E-state index in [9.17, 15) is 18.3 Å². The van der Waals surface area contributed by atoms with Crippen LogP contribution in [0.1, 0.15) is 26.0 Å². The third-order valence-corrected chi connectivity index (χ3v) is 2.93. The van der Waals surface area contributed by atoms with Crippen molar-refractivity contribution in [2.24, 2.45) is 5.92 Å². The van der Waals surface area contributed by atoms with Crippen LogP contribution in [0.15, 0.2) is 18.5 Å². The Labute approximate surface area is 119 Å². The number of anilines is 1. The summed E-state index contributed by atoms with van der Waals surface area (Å²) in [7, 11) is 0. The van der Waals surface area contributed by atoms with Gasteiger partial charge >= 0.3 is 6.18 Å². The molecule has 21 heavy (non-hydrogen) atoms. The molecule has 8 heteroatoms. The first-order chi connectivity index (χ1) is 9.77. The minimum absolute atomic E-state index is 0.220. The van der Waals surface area contributed by atoms with E-state index in [4.69, 9.17) is 0 Å². The van der Waals surface area contributed by atoms with Gasteiger partial charge in [-0.05, 0) is 12.3 Å². The summed E-state index contributed by atoms with van der Waals surface area (Å²) in [5.74, 6) is 0.598. The molecule has 2 N–H and O–H groups in total. The van der Waals surface area contributed by atoms with Crippen LogP contribution in [0.4, 0.5) is 19.0 Å². The summed E-state index contributed by atoms with van der Waals surface area (Å²) in [6.07, 6.45) is -1.78. The van der Waals surface area contributed by atoms with Crippen molar-refractivity contribution in [1.82, 2.24) is 14.6 Å². The SMILES string of the molecule is CC(C)CC(O)CNc1nccn2nc(C(F)(F)F)cc12.